The zero-order valence-corrected chi connectivity index (χ0v) is 10.2. The van der Waals surface area contributed by atoms with Crippen LogP contribution in [0.4, 0.5) is 8.78 Å². The van der Waals surface area contributed by atoms with Gasteiger partial charge in [-0.25, -0.2) is 8.78 Å². The van der Waals surface area contributed by atoms with E-state index < -0.39 is 12.4 Å². The molecule has 0 aliphatic heterocycles. The van der Waals surface area contributed by atoms with Crippen molar-refractivity contribution in [3.8, 4) is 6.07 Å². The maximum Gasteiger partial charge on any atom is 0.309 e. The summed E-state index contributed by atoms with van der Waals surface area (Å²) in [7, 11) is 1.23. The number of hydrogen-bond donors (Lipinski definition) is 0. The summed E-state index contributed by atoms with van der Waals surface area (Å²) in [5, 5.41) is 8.81. The number of benzene rings is 1. The van der Waals surface area contributed by atoms with Crippen molar-refractivity contribution in [1.29, 1.82) is 5.26 Å². The Kier molecular flexibility index (Phi) is 4.78. The molecule has 1 rings (SSSR count). The van der Waals surface area contributed by atoms with Crippen molar-refractivity contribution in [3.05, 3.63) is 34.4 Å². The molecule has 0 aromatic heterocycles. The number of nitrogens with zero attached hydrogens (tertiary/aromatic N) is 1. The minimum Gasteiger partial charge on any atom is -0.469 e. The number of rotatable bonds is 4. The molecule has 1 aromatic rings. The van der Waals surface area contributed by atoms with Crippen molar-refractivity contribution in [1.82, 2.24) is 0 Å². The Bertz CT molecular complexity index is 492. The number of esters is 1. The highest BCUT2D eigenvalue weighted by Gasteiger charge is 2.18. The predicted octanol–water partition coefficient (Wildman–Crippen LogP) is 2.77. The van der Waals surface area contributed by atoms with E-state index in [-0.39, 0.29) is 17.5 Å². The molecule has 0 heterocycles. The smallest absolute Gasteiger partial charge is 0.309 e. The molecule has 0 unspecified atom stereocenters. The molecule has 18 heavy (non-hydrogen) atoms. The third-order valence-electron chi connectivity index (χ3n) is 2.66. The molecule has 0 amide bonds. The van der Waals surface area contributed by atoms with Gasteiger partial charge in [-0.3, -0.25) is 4.79 Å². The van der Waals surface area contributed by atoms with E-state index in [1.807, 2.05) is 6.07 Å². The fourth-order valence-electron chi connectivity index (χ4n) is 1.83. The van der Waals surface area contributed by atoms with Gasteiger partial charge in [-0.15, -0.1) is 0 Å². The minimum atomic E-state index is -2.66. The Balaban J connectivity index is 3.34. The Morgan fingerprint density at radius 1 is 1.50 bits per heavy atom. The standard InChI is InChI=1S/C13H13F2NO2/c1-3-10-9(6-12(17)18-2)4-8(7-16)5-11(10)13(14)15/h4-5,13H,3,6H2,1-2H3. The number of carbonyl (C=O) groups excluding carboxylic acids is 1. The average Bonchev–Trinajstić information content (AvgIpc) is 2.37. The second-order valence-electron chi connectivity index (χ2n) is 3.72. The van der Waals surface area contributed by atoms with Crippen LogP contribution in [-0.2, 0) is 22.4 Å². The maximum absolute atomic E-state index is 12.9. The lowest BCUT2D eigenvalue weighted by Gasteiger charge is -2.13. The summed E-state index contributed by atoms with van der Waals surface area (Å²) in [6.07, 6.45) is -2.39. The number of carbonyl (C=O) groups is 1. The summed E-state index contributed by atoms with van der Waals surface area (Å²) in [5.74, 6) is -0.514. The predicted molar refractivity (Wildman–Crippen MR) is 61.2 cm³/mol. The summed E-state index contributed by atoms with van der Waals surface area (Å²) in [5.41, 5.74) is 0.782. The van der Waals surface area contributed by atoms with Crippen LogP contribution in [0.2, 0.25) is 0 Å². The second-order valence-corrected chi connectivity index (χ2v) is 3.72. The van der Waals surface area contributed by atoms with Gasteiger partial charge in [-0.2, -0.15) is 5.26 Å². The van der Waals surface area contributed by atoms with Gasteiger partial charge in [0.1, 0.15) is 0 Å². The average molecular weight is 253 g/mol. The molecular weight excluding hydrogens is 240 g/mol. The number of alkyl halides is 2. The Labute approximate surface area is 104 Å². The van der Waals surface area contributed by atoms with Crippen molar-refractivity contribution in [3.63, 3.8) is 0 Å². The third kappa shape index (κ3) is 3.04. The van der Waals surface area contributed by atoms with Crippen molar-refractivity contribution >= 4 is 5.97 Å². The van der Waals surface area contributed by atoms with Crippen LogP contribution < -0.4 is 0 Å². The van der Waals surface area contributed by atoms with E-state index in [0.29, 0.717) is 17.5 Å². The molecule has 96 valence electrons. The van der Waals surface area contributed by atoms with Gasteiger partial charge in [0.25, 0.3) is 6.43 Å². The van der Waals surface area contributed by atoms with Crippen molar-refractivity contribution < 1.29 is 18.3 Å². The van der Waals surface area contributed by atoms with E-state index in [0.717, 1.165) is 0 Å². The Hall–Kier alpha value is -1.96. The lowest BCUT2D eigenvalue weighted by molar-refractivity contribution is -0.139. The van der Waals surface area contributed by atoms with Crippen molar-refractivity contribution in [2.75, 3.05) is 7.11 Å². The van der Waals surface area contributed by atoms with E-state index in [9.17, 15) is 13.6 Å². The highest BCUT2D eigenvalue weighted by molar-refractivity contribution is 5.73. The number of hydrogen-bond acceptors (Lipinski definition) is 3. The van der Waals surface area contributed by atoms with Gasteiger partial charge >= 0.3 is 5.97 Å². The Morgan fingerprint density at radius 3 is 2.61 bits per heavy atom. The molecule has 1 aromatic carbocycles. The first-order chi connectivity index (χ1) is 8.53. The number of ether oxygens (including phenoxy) is 1. The molecule has 0 N–H and O–H groups in total. The highest BCUT2D eigenvalue weighted by atomic mass is 19.3. The minimum absolute atomic E-state index is 0.102. The maximum atomic E-state index is 12.9. The molecule has 5 heteroatoms. The number of methoxy groups -OCH3 is 1. The van der Waals surface area contributed by atoms with Gasteiger partial charge in [-0.1, -0.05) is 6.92 Å². The molecule has 0 fully saturated rings. The van der Waals surface area contributed by atoms with E-state index in [1.165, 1.54) is 19.2 Å². The molecule has 0 atom stereocenters. The van der Waals surface area contributed by atoms with Crippen LogP contribution in [0.5, 0.6) is 0 Å². The topological polar surface area (TPSA) is 50.1 Å². The van der Waals surface area contributed by atoms with Crippen LogP contribution >= 0.6 is 0 Å². The fourth-order valence-corrected chi connectivity index (χ4v) is 1.83. The van der Waals surface area contributed by atoms with Crippen LogP contribution in [0.25, 0.3) is 0 Å². The molecule has 0 saturated carbocycles. The fraction of sp³-hybridized carbons (Fsp3) is 0.385. The number of halogens is 2. The summed E-state index contributed by atoms with van der Waals surface area (Å²) < 4.78 is 30.3. The van der Waals surface area contributed by atoms with Gasteiger partial charge in [-0.05, 0) is 29.7 Å². The van der Waals surface area contributed by atoms with Crippen LogP contribution in [0.1, 0.15) is 35.6 Å². The summed E-state index contributed by atoms with van der Waals surface area (Å²) in [6.45, 7) is 1.73. The molecule has 0 radical (unpaired) electrons. The van der Waals surface area contributed by atoms with Crippen LogP contribution in [0.3, 0.4) is 0 Å². The summed E-state index contributed by atoms with van der Waals surface area (Å²) in [4.78, 5) is 11.2. The van der Waals surface area contributed by atoms with E-state index in [4.69, 9.17) is 5.26 Å². The molecule has 0 saturated heterocycles. The molecule has 0 aliphatic rings. The third-order valence-corrected chi connectivity index (χ3v) is 2.66. The largest absolute Gasteiger partial charge is 0.469 e. The monoisotopic (exact) mass is 253 g/mol. The molecular formula is C13H13F2NO2. The quantitative estimate of drug-likeness (QED) is 0.775. The van der Waals surface area contributed by atoms with Crippen molar-refractivity contribution in [2.24, 2.45) is 0 Å². The molecule has 0 bridgehead atoms. The zero-order valence-electron chi connectivity index (χ0n) is 10.2. The second kappa shape index (κ2) is 6.10. The normalized spacial score (nSPS) is 10.2. The summed E-state index contributed by atoms with van der Waals surface area (Å²) in [6, 6.07) is 4.45. The molecule has 0 spiro atoms. The molecule has 0 aliphatic carbocycles. The van der Waals surface area contributed by atoms with Gasteiger partial charge in [0.2, 0.25) is 0 Å². The van der Waals surface area contributed by atoms with E-state index in [2.05, 4.69) is 4.74 Å². The van der Waals surface area contributed by atoms with Gasteiger partial charge in [0.15, 0.2) is 0 Å². The van der Waals surface area contributed by atoms with Gasteiger partial charge in [0.05, 0.1) is 25.2 Å². The van der Waals surface area contributed by atoms with Gasteiger partial charge < -0.3 is 4.74 Å². The molecule has 3 nitrogen and oxygen atoms in total. The zero-order chi connectivity index (χ0) is 13.7. The Morgan fingerprint density at radius 2 is 2.17 bits per heavy atom. The van der Waals surface area contributed by atoms with Crippen molar-refractivity contribution in [2.45, 2.75) is 26.2 Å². The lowest BCUT2D eigenvalue weighted by atomic mass is 9.94. The summed E-state index contributed by atoms with van der Waals surface area (Å²) >= 11 is 0. The first-order valence-corrected chi connectivity index (χ1v) is 5.44. The lowest BCUT2D eigenvalue weighted by Crippen LogP contribution is -2.09. The van der Waals surface area contributed by atoms with Crippen LogP contribution in [-0.4, -0.2) is 13.1 Å². The van der Waals surface area contributed by atoms with Crippen LogP contribution in [0, 0.1) is 11.3 Å². The SMILES string of the molecule is CCc1c(CC(=O)OC)cc(C#N)cc1C(F)F. The first kappa shape index (κ1) is 14.1. The highest BCUT2D eigenvalue weighted by Crippen LogP contribution is 2.28. The van der Waals surface area contributed by atoms with E-state index in [1.54, 1.807) is 6.92 Å². The first-order valence-electron chi connectivity index (χ1n) is 5.44. The van der Waals surface area contributed by atoms with Gasteiger partial charge in [0, 0.05) is 5.56 Å². The van der Waals surface area contributed by atoms with Crippen LogP contribution in [0.15, 0.2) is 12.1 Å². The van der Waals surface area contributed by atoms with E-state index >= 15 is 0 Å². The number of nitriles is 1.